The van der Waals surface area contributed by atoms with Crippen molar-refractivity contribution in [2.45, 2.75) is 12.6 Å². The number of aliphatic hydroxyl groups is 1. The van der Waals surface area contributed by atoms with Gasteiger partial charge in [-0.3, -0.25) is 4.79 Å². The molecule has 3 aromatic rings. The van der Waals surface area contributed by atoms with Crippen molar-refractivity contribution >= 4 is 27.4 Å². The molecule has 0 saturated heterocycles. The summed E-state index contributed by atoms with van der Waals surface area (Å²) in [6.07, 6.45) is 0. The molecule has 0 bridgehead atoms. The maximum Gasteiger partial charge on any atom is 0.290 e. The Balaban J connectivity index is 1.79. The smallest absolute Gasteiger partial charge is 0.290 e. The van der Waals surface area contributed by atoms with Crippen LogP contribution >= 0.6 is 15.9 Å². The van der Waals surface area contributed by atoms with Crippen LogP contribution in [0.5, 0.6) is 5.75 Å². The van der Waals surface area contributed by atoms with E-state index >= 15 is 0 Å². The SMILES string of the molecule is COc1ccc(C2=C(O)C(=O)N(Cc3ccc(F)cc3)[C@@H]2c2ccc(Br)cc2)cc1. The normalized spacial score (nSPS) is 16.3. The van der Waals surface area contributed by atoms with E-state index in [0.29, 0.717) is 11.3 Å². The van der Waals surface area contributed by atoms with Crippen LogP contribution in [0.3, 0.4) is 0 Å². The molecule has 4 nitrogen and oxygen atoms in total. The first kappa shape index (κ1) is 20.2. The van der Waals surface area contributed by atoms with Gasteiger partial charge >= 0.3 is 0 Å². The molecular weight excluding hydrogens is 449 g/mol. The van der Waals surface area contributed by atoms with Gasteiger partial charge in [-0.1, -0.05) is 52.3 Å². The van der Waals surface area contributed by atoms with Crippen molar-refractivity contribution in [3.8, 4) is 5.75 Å². The number of ether oxygens (including phenoxy) is 1. The molecule has 4 rings (SSSR count). The summed E-state index contributed by atoms with van der Waals surface area (Å²) in [6, 6.07) is 20.4. The molecule has 152 valence electrons. The van der Waals surface area contributed by atoms with E-state index in [4.69, 9.17) is 4.74 Å². The number of hydrogen-bond acceptors (Lipinski definition) is 3. The highest BCUT2D eigenvalue weighted by Gasteiger charge is 2.41. The van der Waals surface area contributed by atoms with Crippen LogP contribution < -0.4 is 4.74 Å². The van der Waals surface area contributed by atoms with Crippen LogP contribution in [0.4, 0.5) is 4.39 Å². The minimum atomic E-state index is -0.482. The van der Waals surface area contributed by atoms with Gasteiger partial charge in [0, 0.05) is 16.6 Å². The summed E-state index contributed by atoms with van der Waals surface area (Å²) in [4.78, 5) is 14.6. The second-order valence-electron chi connectivity index (χ2n) is 7.00. The Hall–Kier alpha value is -3.12. The minimum Gasteiger partial charge on any atom is -0.503 e. The van der Waals surface area contributed by atoms with Crippen LogP contribution in [0, 0.1) is 5.82 Å². The zero-order valence-electron chi connectivity index (χ0n) is 16.2. The van der Waals surface area contributed by atoms with Crippen molar-refractivity contribution in [1.29, 1.82) is 0 Å². The number of rotatable bonds is 5. The second-order valence-corrected chi connectivity index (χ2v) is 7.92. The topological polar surface area (TPSA) is 49.8 Å². The molecule has 0 unspecified atom stereocenters. The molecule has 1 N–H and O–H groups in total. The summed E-state index contributed by atoms with van der Waals surface area (Å²) >= 11 is 3.44. The third kappa shape index (κ3) is 3.83. The minimum absolute atomic E-state index is 0.240. The van der Waals surface area contributed by atoms with Gasteiger partial charge in [0.05, 0.1) is 13.2 Å². The second kappa shape index (κ2) is 8.32. The lowest BCUT2D eigenvalue weighted by atomic mass is 9.93. The van der Waals surface area contributed by atoms with Crippen molar-refractivity contribution in [1.82, 2.24) is 4.90 Å². The summed E-state index contributed by atoms with van der Waals surface area (Å²) in [5.41, 5.74) is 2.91. The highest BCUT2D eigenvalue weighted by Crippen LogP contribution is 2.44. The predicted octanol–water partition coefficient (Wildman–Crippen LogP) is 5.65. The highest BCUT2D eigenvalue weighted by atomic mass is 79.9. The molecule has 30 heavy (non-hydrogen) atoms. The van der Waals surface area contributed by atoms with Gasteiger partial charge in [-0.05, 0) is 53.1 Å². The van der Waals surface area contributed by atoms with Gasteiger partial charge in [0.1, 0.15) is 11.6 Å². The molecular formula is C24H19BrFNO3. The quantitative estimate of drug-likeness (QED) is 0.527. The summed E-state index contributed by atoms with van der Waals surface area (Å²) in [6.45, 7) is 0.240. The van der Waals surface area contributed by atoms with Gasteiger partial charge in [-0.25, -0.2) is 4.39 Å². The molecule has 0 fully saturated rings. The Kier molecular flexibility index (Phi) is 5.59. The molecule has 1 atom stereocenters. The zero-order chi connectivity index (χ0) is 21.3. The van der Waals surface area contributed by atoms with E-state index in [9.17, 15) is 14.3 Å². The Morgan fingerprint density at radius 2 is 1.63 bits per heavy atom. The fourth-order valence-electron chi connectivity index (χ4n) is 3.66. The van der Waals surface area contributed by atoms with Gasteiger partial charge in [0.2, 0.25) is 0 Å². The Morgan fingerprint density at radius 1 is 1.00 bits per heavy atom. The lowest BCUT2D eigenvalue weighted by Crippen LogP contribution is -2.29. The largest absolute Gasteiger partial charge is 0.503 e. The molecule has 1 aliphatic rings. The standard InChI is InChI=1S/C24H19BrFNO3/c1-30-20-12-6-16(7-13-20)21-22(17-4-8-18(25)9-5-17)27(24(29)23(21)28)14-15-2-10-19(26)11-3-15/h2-13,22,28H,14H2,1H3/t22-/m1/s1. The number of nitrogens with zero attached hydrogens (tertiary/aromatic N) is 1. The van der Waals surface area contributed by atoms with Crippen molar-refractivity contribution in [3.05, 3.63) is 106 Å². The molecule has 1 aliphatic heterocycles. The third-order valence-corrected chi connectivity index (χ3v) is 5.69. The summed E-state index contributed by atoms with van der Waals surface area (Å²) in [7, 11) is 1.58. The van der Waals surface area contributed by atoms with Crippen LogP contribution in [-0.4, -0.2) is 23.0 Å². The highest BCUT2D eigenvalue weighted by molar-refractivity contribution is 9.10. The van der Waals surface area contributed by atoms with Gasteiger partial charge in [0.25, 0.3) is 5.91 Å². The van der Waals surface area contributed by atoms with Crippen LogP contribution in [0.25, 0.3) is 5.57 Å². The Labute approximate surface area is 182 Å². The molecule has 1 heterocycles. The lowest BCUT2D eigenvalue weighted by Gasteiger charge is -2.27. The molecule has 0 radical (unpaired) electrons. The monoisotopic (exact) mass is 467 g/mol. The van der Waals surface area contributed by atoms with Gasteiger partial charge in [-0.2, -0.15) is 0 Å². The first-order valence-corrected chi connectivity index (χ1v) is 10.2. The van der Waals surface area contributed by atoms with Crippen LogP contribution in [0.1, 0.15) is 22.7 Å². The van der Waals surface area contributed by atoms with Crippen molar-refractivity contribution in [2.75, 3.05) is 7.11 Å². The fraction of sp³-hybridized carbons (Fsp3) is 0.125. The van der Waals surface area contributed by atoms with E-state index in [-0.39, 0.29) is 18.1 Å². The van der Waals surface area contributed by atoms with E-state index in [1.807, 2.05) is 36.4 Å². The van der Waals surface area contributed by atoms with Crippen molar-refractivity contribution in [2.24, 2.45) is 0 Å². The predicted molar refractivity (Wildman–Crippen MR) is 116 cm³/mol. The summed E-state index contributed by atoms with van der Waals surface area (Å²) in [5, 5.41) is 10.8. The Morgan fingerprint density at radius 3 is 2.23 bits per heavy atom. The van der Waals surface area contributed by atoms with Gasteiger partial charge in [-0.15, -0.1) is 0 Å². The average molecular weight is 468 g/mol. The van der Waals surface area contributed by atoms with E-state index in [0.717, 1.165) is 21.2 Å². The molecule has 1 amide bonds. The van der Waals surface area contributed by atoms with E-state index in [1.54, 1.807) is 36.3 Å². The molecule has 0 spiro atoms. The first-order chi connectivity index (χ1) is 14.5. The molecule has 0 aromatic heterocycles. The Bertz CT molecular complexity index is 1090. The molecule has 6 heteroatoms. The number of carbonyl (C=O) groups is 1. The molecule has 3 aromatic carbocycles. The fourth-order valence-corrected chi connectivity index (χ4v) is 3.92. The lowest BCUT2D eigenvalue weighted by molar-refractivity contribution is -0.130. The van der Waals surface area contributed by atoms with Crippen molar-refractivity contribution in [3.63, 3.8) is 0 Å². The maximum absolute atomic E-state index is 13.3. The van der Waals surface area contributed by atoms with E-state index < -0.39 is 11.9 Å². The summed E-state index contributed by atoms with van der Waals surface area (Å²) in [5.74, 6) is -0.393. The number of carbonyl (C=O) groups excluding carboxylic acids is 1. The van der Waals surface area contributed by atoms with Gasteiger partial charge < -0.3 is 14.7 Å². The number of benzene rings is 3. The van der Waals surface area contributed by atoms with Crippen molar-refractivity contribution < 1.29 is 19.0 Å². The number of amides is 1. The van der Waals surface area contributed by atoms with Crippen LogP contribution in [-0.2, 0) is 11.3 Å². The number of methoxy groups -OCH3 is 1. The third-order valence-electron chi connectivity index (χ3n) is 5.16. The molecule has 0 aliphatic carbocycles. The maximum atomic E-state index is 13.3. The van der Waals surface area contributed by atoms with E-state index in [1.165, 1.54) is 12.1 Å². The number of hydrogen-bond donors (Lipinski definition) is 1. The van der Waals surface area contributed by atoms with Crippen LogP contribution in [0.15, 0.2) is 83.0 Å². The number of aliphatic hydroxyl groups excluding tert-OH is 1. The van der Waals surface area contributed by atoms with E-state index in [2.05, 4.69) is 15.9 Å². The van der Waals surface area contributed by atoms with Crippen LogP contribution in [0.2, 0.25) is 0 Å². The van der Waals surface area contributed by atoms with Gasteiger partial charge in [0.15, 0.2) is 5.76 Å². The number of halogens is 2. The zero-order valence-corrected chi connectivity index (χ0v) is 17.8. The molecule has 0 saturated carbocycles. The summed E-state index contributed by atoms with van der Waals surface area (Å²) < 4.78 is 19.5. The average Bonchev–Trinajstić information content (AvgIpc) is 3.01. The first-order valence-electron chi connectivity index (χ1n) is 9.36.